The van der Waals surface area contributed by atoms with Crippen LogP contribution in [-0.2, 0) is 0 Å². The molecule has 0 radical (unpaired) electrons. The van der Waals surface area contributed by atoms with Gasteiger partial charge in [0.05, 0.1) is 22.1 Å². The summed E-state index contributed by atoms with van der Waals surface area (Å²) in [4.78, 5) is 2.51. The lowest BCUT2D eigenvalue weighted by molar-refractivity contribution is 0.872. The summed E-state index contributed by atoms with van der Waals surface area (Å²) in [6.45, 7) is 0. The fraction of sp³-hybridized carbons (Fsp3) is 0.0667. The van der Waals surface area contributed by atoms with E-state index in [1.807, 2.05) is 0 Å². The van der Waals surface area contributed by atoms with Crippen molar-refractivity contribution in [1.29, 1.82) is 0 Å². The van der Waals surface area contributed by atoms with Gasteiger partial charge in [-0.3, -0.25) is 0 Å². The van der Waals surface area contributed by atoms with E-state index in [9.17, 15) is 0 Å². The van der Waals surface area contributed by atoms with Gasteiger partial charge in [0.2, 0.25) is 0 Å². The SMILES string of the molecule is C1=CC(N(C2=CC=C(n3c4ccc(-c5ccccc5)cc4c4cc(-c5ccccc5)ccc43)CC2)c2ccc3c4ccccc4n(-c4ccc(-c5ccccc5)cc4)c3c2)=CCC1. The second-order valence-corrected chi connectivity index (χ2v) is 16.8. The van der Waals surface area contributed by atoms with E-state index >= 15 is 0 Å². The molecule has 3 heteroatoms. The van der Waals surface area contributed by atoms with Gasteiger partial charge in [0.1, 0.15) is 0 Å². The van der Waals surface area contributed by atoms with Crippen LogP contribution in [0, 0.1) is 0 Å². The standard InChI is InChI=1S/C60H45N3/c1-5-15-42(16-6-1)45-25-29-50(30-26-45)63-57-24-14-13-23-53(57)54-36-35-52(41-60(54)63)61(48-21-11-4-12-22-48)49-31-33-51(34-32-49)62-58-37-27-46(43-17-7-2-8-18-43)39-55(58)56-40-47(28-38-59(56)62)44-19-9-3-10-20-44/h1-3,5-11,13-31,33,35-41H,4,12,32,34H2. The Hall–Kier alpha value is -7.88. The number of nitrogens with zero attached hydrogens (tertiary/aromatic N) is 3. The van der Waals surface area contributed by atoms with Crippen LogP contribution in [0.2, 0.25) is 0 Å². The van der Waals surface area contributed by atoms with Crippen LogP contribution < -0.4 is 4.90 Å². The molecule has 0 amide bonds. The van der Waals surface area contributed by atoms with E-state index < -0.39 is 0 Å². The highest BCUT2D eigenvalue weighted by molar-refractivity contribution is 6.13. The average Bonchev–Trinajstić information content (AvgIpc) is 3.87. The van der Waals surface area contributed by atoms with Crippen molar-refractivity contribution in [2.45, 2.75) is 25.7 Å². The van der Waals surface area contributed by atoms with E-state index in [-0.39, 0.29) is 0 Å². The molecule has 12 rings (SSSR count). The molecule has 8 aromatic carbocycles. The molecule has 0 saturated heterocycles. The van der Waals surface area contributed by atoms with Crippen LogP contribution >= 0.6 is 0 Å². The van der Waals surface area contributed by atoms with E-state index in [4.69, 9.17) is 0 Å². The highest BCUT2D eigenvalue weighted by Crippen LogP contribution is 2.42. The molecule has 0 aliphatic heterocycles. The topological polar surface area (TPSA) is 13.1 Å². The molecule has 2 heterocycles. The summed E-state index contributed by atoms with van der Waals surface area (Å²) in [5, 5.41) is 5.07. The van der Waals surface area contributed by atoms with Gasteiger partial charge in [-0.1, -0.05) is 152 Å². The zero-order chi connectivity index (χ0) is 41.7. The van der Waals surface area contributed by atoms with Crippen molar-refractivity contribution in [3.05, 3.63) is 236 Å². The zero-order valence-electron chi connectivity index (χ0n) is 35.0. The number of fused-ring (bicyclic) bond motifs is 6. The number of hydrogen-bond acceptors (Lipinski definition) is 1. The van der Waals surface area contributed by atoms with E-state index in [2.05, 4.69) is 239 Å². The van der Waals surface area contributed by atoms with Gasteiger partial charge >= 0.3 is 0 Å². The molecule has 0 bridgehead atoms. The maximum Gasteiger partial charge on any atom is 0.0561 e. The molecule has 2 aliphatic carbocycles. The number of hydrogen-bond donors (Lipinski definition) is 0. The fourth-order valence-corrected chi connectivity index (χ4v) is 10.00. The minimum Gasteiger partial charge on any atom is -0.314 e. The Bertz CT molecular complexity index is 3370. The maximum atomic E-state index is 2.51. The van der Waals surface area contributed by atoms with Crippen molar-refractivity contribution in [3.8, 4) is 39.1 Å². The van der Waals surface area contributed by atoms with Crippen LogP contribution in [0.3, 0.4) is 0 Å². The average molecular weight is 808 g/mol. The van der Waals surface area contributed by atoms with Crippen molar-refractivity contribution < 1.29 is 0 Å². The van der Waals surface area contributed by atoms with Gasteiger partial charge in [0.15, 0.2) is 0 Å². The molecular weight excluding hydrogens is 763 g/mol. The van der Waals surface area contributed by atoms with Gasteiger partial charge in [0.25, 0.3) is 0 Å². The third kappa shape index (κ3) is 6.52. The van der Waals surface area contributed by atoms with Crippen LogP contribution in [-0.4, -0.2) is 9.13 Å². The first kappa shape index (κ1) is 36.9. The molecule has 0 unspecified atom stereocenters. The minimum absolute atomic E-state index is 0.907. The summed E-state index contributed by atoms with van der Waals surface area (Å²) < 4.78 is 4.95. The molecule has 3 nitrogen and oxygen atoms in total. The monoisotopic (exact) mass is 807 g/mol. The fourth-order valence-electron chi connectivity index (χ4n) is 10.00. The van der Waals surface area contributed by atoms with Gasteiger partial charge < -0.3 is 14.0 Å². The number of anilines is 1. The summed E-state index contributed by atoms with van der Waals surface area (Å²) in [6.07, 6.45) is 15.7. The highest BCUT2D eigenvalue weighted by atomic mass is 15.2. The minimum atomic E-state index is 0.907. The smallest absolute Gasteiger partial charge is 0.0561 e. The summed E-state index contributed by atoms with van der Waals surface area (Å²) in [5.41, 5.74) is 18.4. The second kappa shape index (κ2) is 15.5. The van der Waals surface area contributed by atoms with E-state index in [0.717, 1.165) is 31.4 Å². The van der Waals surface area contributed by atoms with Gasteiger partial charge in [-0.15, -0.1) is 0 Å². The summed E-state index contributed by atoms with van der Waals surface area (Å²) in [6, 6.07) is 71.0. The first-order valence-corrected chi connectivity index (χ1v) is 22.2. The predicted molar refractivity (Wildman–Crippen MR) is 267 cm³/mol. The molecule has 10 aromatic rings. The maximum absolute atomic E-state index is 2.51. The number of benzene rings is 8. The molecule has 0 atom stereocenters. The Morgan fingerprint density at radius 3 is 1.54 bits per heavy atom. The Labute approximate surface area is 368 Å². The van der Waals surface area contributed by atoms with Crippen LogP contribution in [0.4, 0.5) is 5.69 Å². The lowest BCUT2D eigenvalue weighted by Crippen LogP contribution is -2.23. The predicted octanol–water partition coefficient (Wildman–Crippen LogP) is 16.2. The molecule has 0 saturated carbocycles. The van der Waals surface area contributed by atoms with E-state index in [1.54, 1.807) is 0 Å². The van der Waals surface area contributed by atoms with Gasteiger partial charge in [0, 0.05) is 50.0 Å². The van der Waals surface area contributed by atoms with Crippen molar-refractivity contribution in [2.75, 3.05) is 4.90 Å². The normalized spacial score (nSPS) is 14.0. The van der Waals surface area contributed by atoms with Crippen molar-refractivity contribution in [3.63, 3.8) is 0 Å². The second-order valence-electron chi connectivity index (χ2n) is 16.8. The Morgan fingerprint density at radius 1 is 0.381 bits per heavy atom. The molecule has 300 valence electrons. The molecule has 0 spiro atoms. The molecule has 0 N–H and O–H groups in total. The first-order valence-electron chi connectivity index (χ1n) is 22.2. The molecule has 63 heavy (non-hydrogen) atoms. The first-order chi connectivity index (χ1) is 31.2. The largest absolute Gasteiger partial charge is 0.314 e. The van der Waals surface area contributed by atoms with Gasteiger partial charge in [-0.05, 0) is 132 Å². The lowest BCUT2D eigenvalue weighted by atomic mass is 10.0. The zero-order valence-corrected chi connectivity index (χ0v) is 35.0. The number of allylic oxidation sites excluding steroid dienone is 7. The van der Waals surface area contributed by atoms with Crippen molar-refractivity contribution >= 4 is 55.0 Å². The van der Waals surface area contributed by atoms with Crippen LogP contribution in [0.1, 0.15) is 25.7 Å². The Kier molecular flexibility index (Phi) is 9.11. The number of rotatable bonds is 8. The third-order valence-corrected chi connectivity index (χ3v) is 13.0. The molecule has 2 aromatic heterocycles. The van der Waals surface area contributed by atoms with Gasteiger partial charge in [-0.25, -0.2) is 0 Å². The lowest BCUT2D eigenvalue weighted by Gasteiger charge is -2.32. The summed E-state index contributed by atoms with van der Waals surface area (Å²) in [5.74, 6) is 0. The Balaban J connectivity index is 0.980. The Morgan fingerprint density at radius 2 is 0.937 bits per heavy atom. The van der Waals surface area contributed by atoms with Crippen LogP contribution in [0.5, 0.6) is 0 Å². The van der Waals surface area contributed by atoms with E-state index in [0.29, 0.717) is 0 Å². The van der Waals surface area contributed by atoms with Gasteiger partial charge in [-0.2, -0.15) is 0 Å². The summed E-state index contributed by atoms with van der Waals surface area (Å²) in [7, 11) is 0. The third-order valence-electron chi connectivity index (χ3n) is 13.0. The number of para-hydroxylation sites is 1. The van der Waals surface area contributed by atoms with Crippen LogP contribution in [0.15, 0.2) is 236 Å². The molecule has 0 fully saturated rings. The van der Waals surface area contributed by atoms with E-state index in [1.165, 1.54) is 99.8 Å². The quantitative estimate of drug-likeness (QED) is 0.149. The molecule has 2 aliphatic rings. The van der Waals surface area contributed by atoms with Crippen molar-refractivity contribution in [1.82, 2.24) is 9.13 Å². The highest BCUT2D eigenvalue weighted by Gasteiger charge is 2.23. The molecular formula is C60H45N3. The summed E-state index contributed by atoms with van der Waals surface area (Å²) >= 11 is 0. The van der Waals surface area contributed by atoms with Crippen LogP contribution in [0.25, 0.3) is 88.4 Å². The number of aromatic nitrogens is 2. The van der Waals surface area contributed by atoms with Crippen molar-refractivity contribution in [2.24, 2.45) is 0 Å².